The number of carbonyl (C=O) groups is 3. The van der Waals surface area contributed by atoms with Gasteiger partial charge in [0, 0.05) is 49.4 Å². The molecule has 14 nitrogen and oxygen atoms in total. The van der Waals surface area contributed by atoms with Gasteiger partial charge in [0.2, 0.25) is 17.7 Å². The molecule has 0 aliphatic carbocycles. The van der Waals surface area contributed by atoms with Crippen molar-refractivity contribution in [1.29, 1.82) is 0 Å². The number of carbonyl (C=O) groups excluding carboxylic acids is 3. The molecule has 3 rings (SSSR count). The molecular weight excluding hydrogens is 837 g/mol. The van der Waals surface area contributed by atoms with Gasteiger partial charge in [-0.3, -0.25) is 14.4 Å². The SMILES string of the molecule is CCCCOc1cccc(CCNC(C)C(=O)N(C)C)c1.CCCCOc1cccc(CCNC(CO)C(=O)N(C)C)c1.CCCCOc1cccc(CCNC(COC)C(=O)N(C)C)c1. The summed E-state index contributed by atoms with van der Waals surface area (Å²) in [5, 5.41) is 18.9. The molecule has 4 N–H and O–H groups in total. The second-order valence-electron chi connectivity index (χ2n) is 16.8. The smallest absolute Gasteiger partial charge is 0.241 e. The second kappa shape index (κ2) is 36.4. The zero-order valence-electron chi connectivity index (χ0n) is 42.3. The van der Waals surface area contributed by atoms with Gasteiger partial charge in [-0.25, -0.2) is 0 Å². The highest BCUT2D eigenvalue weighted by molar-refractivity contribution is 5.82. The minimum absolute atomic E-state index is 0.0310. The number of nitrogens with one attached hydrogen (secondary N) is 3. The summed E-state index contributed by atoms with van der Waals surface area (Å²) in [6.07, 6.45) is 9.09. The Hall–Kier alpha value is -4.73. The van der Waals surface area contributed by atoms with Gasteiger partial charge in [-0.2, -0.15) is 0 Å². The van der Waals surface area contributed by atoms with Crippen molar-refractivity contribution in [1.82, 2.24) is 30.7 Å². The lowest BCUT2D eigenvalue weighted by Gasteiger charge is -2.21. The van der Waals surface area contributed by atoms with Crippen LogP contribution >= 0.6 is 0 Å². The summed E-state index contributed by atoms with van der Waals surface area (Å²) < 4.78 is 22.2. The average molecular weight is 923 g/mol. The maximum absolute atomic E-state index is 12.0. The molecule has 3 atom stereocenters. The van der Waals surface area contributed by atoms with E-state index in [9.17, 15) is 19.5 Å². The number of hydrogen-bond donors (Lipinski definition) is 4. The largest absolute Gasteiger partial charge is 0.494 e. The first-order valence-corrected chi connectivity index (χ1v) is 23.8. The van der Waals surface area contributed by atoms with E-state index in [4.69, 9.17) is 18.9 Å². The Balaban J connectivity index is 0.000000496. The van der Waals surface area contributed by atoms with Gasteiger partial charge < -0.3 is 54.7 Å². The van der Waals surface area contributed by atoms with Crippen molar-refractivity contribution in [3.8, 4) is 17.2 Å². The molecule has 0 bridgehead atoms. The van der Waals surface area contributed by atoms with Crippen LogP contribution in [0.15, 0.2) is 72.8 Å². The lowest BCUT2D eigenvalue weighted by molar-refractivity contribution is -0.132. The van der Waals surface area contributed by atoms with Crippen LogP contribution in [0.4, 0.5) is 0 Å². The molecule has 0 aliphatic rings. The Kier molecular flexibility index (Phi) is 32.7. The molecule has 3 aromatic carbocycles. The van der Waals surface area contributed by atoms with E-state index in [1.807, 2.05) is 55.5 Å². The molecule has 0 radical (unpaired) electrons. The molecule has 0 aliphatic heterocycles. The van der Waals surface area contributed by atoms with E-state index >= 15 is 0 Å². The number of unbranched alkanes of at least 4 members (excludes halogenated alkanes) is 3. The molecule has 0 saturated carbocycles. The third kappa shape index (κ3) is 26.4. The van der Waals surface area contributed by atoms with Crippen molar-refractivity contribution in [3.05, 3.63) is 89.5 Å². The number of aliphatic hydroxyl groups excluding tert-OH is 1. The number of rotatable bonds is 30. The van der Waals surface area contributed by atoms with Gasteiger partial charge in [0.05, 0.1) is 39.1 Å². The summed E-state index contributed by atoms with van der Waals surface area (Å²) in [6.45, 7) is 12.9. The molecule has 372 valence electrons. The molecule has 66 heavy (non-hydrogen) atoms. The summed E-state index contributed by atoms with van der Waals surface area (Å²) in [7, 11) is 12.0. The van der Waals surface area contributed by atoms with E-state index in [2.05, 4.69) is 61.0 Å². The number of likely N-dealkylation sites (N-methyl/N-ethyl adjacent to an activating group) is 3. The third-order valence-corrected chi connectivity index (χ3v) is 10.3. The van der Waals surface area contributed by atoms with E-state index in [0.717, 1.165) is 107 Å². The first-order valence-electron chi connectivity index (χ1n) is 23.8. The van der Waals surface area contributed by atoms with Gasteiger partial charge in [0.15, 0.2) is 0 Å². The van der Waals surface area contributed by atoms with Gasteiger partial charge in [-0.05, 0) is 118 Å². The highest BCUT2D eigenvalue weighted by atomic mass is 16.5. The molecule has 0 spiro atoms. The first kappa shape index (κ1) is 59.3. The van der Waals surface area contributed by atoms with Crippen molar-refractivity contribution in [2.45, 2.75) is 104 Å². The fourth-order valence-electron chi connectivity index (χ4n) is 6.30. The average Bonchev–Trinajstić information content (AvgIpc) is 3.30. The maximum Gasteiger partial charge on any atom is 0.241 e. The van der Waals surface area contributed by atoms with Gasteiger partial charge in [0.25, 0.3) is 0 Å². The predicted molar refractivity (Wildman–Crippen MR) is 268 cm³/mol. The molecule has 14 heteroatoms. The predicted octanol–water partition coefficient (Wildman–Crippen LogP) is 6.02. The molecule has 3 aromatic rings. The number of ether oxygens (including phenoxy) is 4. The number of benzene rings is 3. The van der Waals surface area contributed by atoms with Crippen molar-refractivity contribution < 1.29 is 38.4 Å². The molecule has 3 amide bonds. The van der Waals surface area contributed by atoms with E-state index in [0.29, 0.717) is 19.7 Å². The van der Waals surface area contributed by atoms with Crippen molar-refractivity contribution >= 4 is 17.7 Å². The number of aliphatic hydroxyl groups is 1. The lowest BCUT2D eigenvalue weighted by Crippen LogP contribution is -2.47. The quantitative estimate of drug-likeness (QED) is 0.0581. The number of nitrogens with zero attached hydrogens (tertiary/aromatic N) is 3. The van der Waals surface area contributed by atoms with Crippen LogP contribution in [-0.2, 0) is 38.4 Å². The molecular formula is C52H86N6O8. The number of hydrogen-bond acceptors (Lipinski definition) is 11. The van der Waals surface area contributed by atoms with Crippen LogP contribution in [-0.4, -0.2) is 158 Å². The standard InChI is InChI=1S/C18H30N2O3.C17H28N2O3.C17H28N2O2/c1-5-6-12-23-16-9-7-8-15(13-16)10-11-19-17(14-22-4)18(21)20(2)3;1-4-5-11-22-15-8-6-7-14(12-15)9-10-18-16(13-20)17(21)19(2)3;1-5-6-12-21-16-9-7-8-15(13-16)10-11-18-14(2)17(20)19(3)4/h7-9,13,17,19H,5-6,10-12,14H2,1-4H3;6-8,12,16,18,20H,4-5,9-11,13H2,1-3H3;7-9,13-14,18H,5-6,10-12H2,1-4H3. The van der Waals surface area contributed by atoms with Crippen LogP contribution < -0.4 is 30.2 Å². The minimum Gasteiger partial charge on any atom is -0.494 e. The van der Waals surface area contributed by atoms with Crippen LogP contribution in [0.1, 0.15) is 82.9 Å². The molecule has 0 fully saturated rings. The fraction of sp³-hybridized carbons (Fsp3) is 0.596. The zero-order valence-corrected chi connectivity index (χ0v) is 42.3. The highest BCUT2D eigenvalue weighted by Gasteiger charge is 2.20. The lowest BCUT2D eigenvalue weighted by atomic mass is 10.1. The van der Waals surface area contributed by atoms with Crippen molar-refractivity contribution in [3.63, 3.8) is 0 Å². The minimum atomic E-state index is -0.543. The van der Waals surface area contributed by atoms with Gasteiger partial charge >= 0.3 is 0 Å². The van der Waals surface area contributed by atoms with Crippen molar-refractivity contribution in [2.24, 2.45) is 0 Å². The number of methoxy groups -OCH3 is 1. The van der Waals surface area contributed by atoms with Gasteiger partial charge in [-0.15, -0.1) is 0 Å². The Morgan fingerprint density at radius 2 is 0.894 bits per heavy atom. The highest BCUT2D eigenvalue weighted by Crippen LogP contribution is 2.16. The summed E-state index contributed by atoms with van der Waals surface area (Å²) in [6, 6.07) is 23.3. The van der Waals surface area contributed by atoms with Crippen LogP contribution in [0.5, 0.6) is 17.2 Å². The van der Waals surface area contributed by atoms with Crippen LogP contribution in [0, 0.1) is 0 Å². The van der Waals surface area contributed by atoms with E-state index in [-0.39, 0.29) is 36.4 Å². The van der Waals surface area contributed by atoms with Crippen molar-refractivity contribution in [2.75, 3.05) is 102 Å². The molecule has 0 aromatic heterocycles. The Morgan fingerprint density at radius 3 is 1.23 bits per heavy atom. The summed E-state index contributed by atoms with van der Waals surface area (Å²) >= 11 is 0. The number of amides is 3. The topological polar surface area (TPSA) is 154 Å². The third-order valence-electron chi connectivity index (χ3n) is 10.3. The monoisotopic (exact) mass is 923 g/mol. The second-order valence-corrected chi connectivity index (χ2v) is 16.8. The van der Waals surface area contributed by atoms with Gasteiger partial charge in [0.1, 0.15) is 29.3 Å². The fourth-order valence-corrected chi connectivity index (χ4v) is 6.30. The van der Waals surface area contributed by atoms with Crippen LogP contribution in [0.25, 0.3) is 0 Å². The molecule has 3 unspecified atom stereocenters. The van der Waals surface area contributed by atoms with Crippen LogP contribution in [0.3, 0.4) is 0 Å². The maximum atomic E-state index is 12.0. The summed E-state index contributed by atoms with van der Waals surface area (Å²) in [4.78, 5) is 40.2. The Bertz CT molecular complexity index is 1740. The zero-order chi connectivity index (χ0) is 49.1. The normalized spacial score (nSPS) is 12.0. The summed E-state index contributed by atoms with van der Waals surface area (Å²) in [5.41, 5.74) is 3.57. The Morgan fingerprint density at radius 1 is 0.545 bits per heavy atom. The van der Waals surface area contributed by atoms with Crippen LogP contribution in [0.2, 0.25) is 0 Å². The summed E-state index contributed by atoms with van der Waals surface area (Å²) in [5.74, 6) is 2.75. The Labute approximate surface area is 398 Å². The molecule has 0 saturated heterocycles. The molecule has 0 heterocycles. The van der Waals surface area contributed by atoms with E-state index < -0.39 is 6.04 Å². The van der Waals surface area contributed by atoms with Gasteiger partial charge in [-0.1, -0.05) is 76.4 Å². The van der Waals surface area contributed by atoms with E-state index in [1.165, 1.54) is 16.0 Å². The van der Waals surface area contributed by atoms with E-state index in [1.54, 1.807) is 59.2 Å². The first-order chi connectivity index (χ1) is 31.7.